The van der Waals surface area contributed by atoms with E-state index < -0.39 is 0 Å². The van der Waals surface area contributed by atoms with Crippen LogP contribution >= 0.6 is 11.6 Å². The Balaban J connectivity index is 1.28. The summed E-state index contributed by atoms with van der Waals surface area (Å²) in [6.07, 6.45) is 8.85. The standard InChI is InChI=1S/C24H28ClNO3/c25-18-8-10-20-23(16-18)29-22-11-9-19(17-21(22)24(20)27)28-15-7-2-1-4-12-26-13-5-3-6-14-26/h8-11,16-17H,1-7,12-15H2. The minimum absolute atomic E-state index is 0.0546. The maximum Gasteiger partial charge on any atom is 0.200 e. The van der Waals surface area contributed by atoms with Gasteiger partial charge in [0.2, 0.25) is 5.43 Å². The first-order chi connectivity index (χ1) is 14.2. The summed E-state index contributed by atoms with van der Waals surface area (Å²) in [7, 11) is 0. The van der Waals surface area contributed by atoms with Crippen molar-refractivity contribution in [2.75, 3.05) is 26.2 Å². The highest BCUT2D eigenvalue weighted by molar-refractivity contribution is 6.31. The van der Waals surface area contributed by atoms with E-state index in [0.717, 1.165) is 6.42 Å². The average Bonchev–Trinajstić information content (AvgIpc) is 2.74. The maximum atomic E-state index is 12.8. The normalized spacial score (nSPS) is 15.2. The largest absolute Gasteiger partial charge is 0.494 e. The zero-order valence-electron chi connectivity index (χ0n) is 16.8. The Morgan fingerprint density at radius 1 is 0.897 bits per heavy atom. The average molecular weight is 414 g/mol. The molecule has 1 aromatic heterocycles. The van der Waals surface area contributed by atoms with Gasteiger partial charge in [0.25, 0.3) is 0 Å². The summed E-state index contributed by atoms with van der Waals surface area (Å²) < 4.78 is 11.7. The SMILES string of the molecule is O=c1c2ccc(Cl)cc2oc2ccc(OCCCCCCN3CCCCC3)cc12. The van der Waals surface area contributed by atoms with Crippen molar-refractivity contribution >= 4 is 33.5 Å². The number of hydrogen-bond donors (Lipinski definition) is 0. The van der Waals surface area contributed by atoms with Crippen molar-refractivity contribution in [2.24, 2.45) is 0 Å². The molecule has 0 N–H and O–H groups in total. The van der Waals surface area contributed by atoms with Gasteiger partial charge in [-0.15, -0.1) is 0 Å². The van der Waals surface area contributed by atoms with E-state index in [1.54, 1.807) is 30.3 Å². The fourth-order valence-corrected chi connectivity index (χ4v) is 4.22. The van der Waals surface area contributed by atoms with Crippen LogP contribution in [0.4, 0.5) is 0 Å². The molecule has 1 aliphatic heterocycles. The number of piperidine rings is 1. The van der Waals surface area contributed by atoms with E-state index in [1.165, 1.54) is 58.2 Å². The molecule has 0 radical (unpaired) electrons. The van der Waals surface area contributed by atoms with Crippen LogP contribution in [-0.4, -0.2) is 31.1 Å². The second kappa shape index (κ2) is 9.64. The topological polar surface area (TPSA) is 42.7 Å². The monoisotopic (exact) mass is 413 g/mol. The number of rotatable bonds is 8. The molecule has 1 aliphatic rings. The smallest absolute Gasteiger partial charge is 0.200 e. The molecule has 0 unspecified atom stereocenters. The van der Waals surface area contributed by atoms with Crippen molar-refractivity contribution in [2.45, 2.75) is 44.9 Å². The summed E-state index contributed by atoms with van der Waals surface area (Å²) >= 11 is 6.01. The van der Waals surface area contributed by atoms with Crippen molar-refractivity contribution in [3.8, 4) is 5.75 Å². The third-order valence-corrected chi connectivity index (χ3v) is 5.93. The molecule has 154 valence electrons. The minimum Gasteiger partial charge on any atom is -0.494 e. The Kier molecular flexibility index (Phi) is 6.73. The third kappa shape index (κ3) is 5.12. The quantitative estimate of drug-likeness (QED) is 0.334. The molecule has 0 spiro atoms. The molecule has 2 heterocycles. The first kappa shape index (κ1) is 20.2. The Morgan fingerprint density at radius 2 is 1.72 bits per heavy atom. The fraction of sp³-hybridized carbons (Fsp3) is 0.458. The highest BCUT2D eigenvalue weighted by Gasteiger charge is 2.10. The van der Waals surface area contributed by atoms with Crippen molar-refractivity contribution < 1.29 is 9.15 Å². The van der Waals surface area contributed by atoms with Gasteiger partial charge in [-0.3, -0.25) is 4.79 Å². The lowest BCUT2D eigenvalue weighted by Gasteiger charge is -2.26. The van der Waals surface area contributed by atoms with Gasteiger partial charge in [0.15, 0.2) is 0 Å². The van der Waals surface area contributed by atoms with Crippen molar-refractivity contribution in [1.29, 1.82) is 0 Å². The van der Waals surface area contributed by atoms with Gasteiger partial charge in [0.1, 0.15) is 16.9 Å². The first-order valence-corrected chi connectivity index (χ1v) is 11.1. The molecule has 0 bridgehead atoms. The van der Waals surface area contributed by atoms with Crippen LogP contribution in [0.1, 0.15) is 44.9 Å². The Labute approximate surface area is 176 Å². The number of fused-ring (bicyclic) bond motifs is 2. The third-order valence-electron chi connectivity index (χ3n) is 5.69. The van der Waals surface area contributed by atoms with E-state index >= 15 is 0 Å². The lowest BCUT2D eigenvalue weighted by molar-refractivity contribution is 0.223. The maximum absolute atomic E-state index is 12.8. The lowest BCUT2D eigenvalue weighted by Crippen LogP contribution is -2.30. The molecule has 5 heteroatoms. The minimum atomic E-state index is -0.0546. The number of halogens is 1. The zero-order chi connectivity index (χ0) is 20.1. The molecule has 0 aliphatic carbocycles. The van der Waals surface area contributed by atoms with Gasteiger partial charge >= 0.3 is 0 Å². The van der Waals surface area contributed by atoms with Gasteiger partial charge in [-0.2, -0.15) is 0 Å². The predicted octanol–water partition coefficient (Wildman–Crippen LogP) is 6.02. The molecule has 4 nitrogen and oxygen atoms in total. The van der Waals surface area contributed by atoms with Gasteiger partial charge in [-0.25, -0.2) is 0 Å². The van der Waals surface area contributed by atoms with Crippen molar-refractivity contribution in [3.05, 3.63) is 51.6 Å². The second-order valence-corrected chi connectivity index (χ2v) is 8.33. The molecule has 0 atom stereocenters. The van der Waals surface area contributed by atoms with Crippen LogP contribution in [0.25, 0.3) is 21.9 Å². The fourth-order valence-electron chi connectivity index (χ4n) is 4.06. The first-order valence-electron chi connectivity index (χ1n) is 10.7. The van der Waals surface area contributed by atoms with Crippen LogP contribution in [-0.2, 0) is 0 Å². The molecule has 3 aromatic rings. The molecule has 0 saturated carbocycles. The van der Waals surface area contributed by atoms with Crippen LogP contribution in [0, 0.1) is 0 Å². The van der Waals surface area contributed by atoms with Crippen molar-refractivity contribution in [3.63, 3.8) is 0 Å². The van der Waals surface area contributed by atoms with Crippen LogP contribution in [0.3, 0.4) is 0 Å². The highest BCUT2D eigenvalue weighted by Crippen LogP contribution is 2.24. The number of nitrogens with zero attached hydrogens (tertiary/aromatic N) is 1. The molecule has 4 rings (SSSR count). The van der Waals surface area contributed by atoms with Gasteiger partial charge in [-0.1, -0.05) is 30.9 Å². The Hall–Kier alpha value is -2.04. The second-order valence-electron chi connectivity index (χ2n) is 7.89. The summed E-state index contributed by atoms with van der Waals surface area (Å²) in [5, 5.41) is 1.63. The Morgan fingerprint density at radius 3 is 2.59 bits per heavy atom. The van der Waals surface area contributed by atoms with E-state index in [9.17, 15) is 4.79 Å². The summed E-state index contributed by atoms with van der Waals surface area (Å²) in [6.45, 7) is 4.47. The summed E-state index contributed by atoms with van der Waals surface area (Å²) in [5.74, 6) is 0.714. The zero-order valence-corrected chi connectivity index (χ0v) is 17.5. The van der Waals surface area contributed by atoms with Gasteiger partial charge < -0.3 is 14.1 Å². The molecule has 2 aromatic carbocycles. The number of hydrogen-bond acceptors (Lipinski definition) is 4. The van der Waals surface area contributed by atoms with Gasteiger partial charge in [-0.05, 0) is 75.6 Å². The Bertz CT molecular complexity index is 1020. The highest BCUT2D eigenvalue weighted by atomic mass is 35.5. The molecule has 29 heavy (non-hydrogen) atoms. The van der Waals surface area contributed by atoms with Gasteiger partial charge in [0, 0.05) is 11.1 Å². The number of likely N-dealkylation sites (tertiary alicyclic amines) is 1. The number of ether oxygens (including phenoxy) is 1. The summed E-state index contributed by atoms with van der Waals surface area (Å²) in [4.78, 5) is 15.4. The summed E-state index contributed by atoms with van der Waals surface area (Å²) in [5.41, 5.74) is 1.00. The van der Waals surface area contributed by atoms with Crippen molar-refractivity contribution in [1.82, 2.24) is 4.90 Å². The molecular formula is C24H28ClNO3. The van der Waals surface area contributed by atoms with Gasteiger partial charge in [0.05, 0.1) is 17.4 Å². The van der Waals surface area contributed by atoms with E-state index in [1.807, 2.05) is 6.07 Å². The van der Waals surface area contributed by atoms with E-state index in [4.69, 9.17) is 20.8 Å². The van der Waals surface area contributed by atoms with Crippen LogP contribution in [0.2, 0.25) is 5.02 Å². The van der Waals surface area contributed by atoms with Crippen LogP contribution in [0.5, 0.6) is 5.75 Å². The van der Waals surface area contributed by atoms with E-state index in [-0.39, 0.29) is 5.43 Å². The van der Waals surface area contributed by atoms with E-state index in [2.05, 4.69) is 4.90 Å². The predicted molar refractivity (Wildman–Crippen MR) is 119 cm³/mol. The molecule has 1 fully saturated rings. The lowest BCUT2D eigenvalue weighted by atomic mass is 10.1. The van der Waals surface area contributed by atoms with E-state index in [0.29, 0.717) is 39.3 Å². The van der Waals surface area contributed by atoms with Crippen LogP contribution < -0.4 is 10.2 Å². The van der Waals surface area contributed by atoms with Crippen LogP contribution in [0.15, 0.2) is 45.6 Å². The number of benzene rings is 2. The molecular weight excluding hydrogens is 386 g/mol. The summed E-state index contributed by atoms with van der Waals surface area (Å²) in [6, 6.07) is 10.5. The number of unbranched alkanes of at least 4 members (excludes halogenated alkanes) is 3. The molecule has 0 amide bonds. The molecule has 1 saturated heterocycles.